The Morgan fingerprint density at radius 2 is 1.77 bits per heavy atom. The van der Waals surface area contributed by atoms with Gasteiger partial charge in [-0.2, -0.15) is 5.26 Å². The average Bonchev–Trinajstić information content (AvgIpc) is 3.24. The van der Waals surface area contributed by atoms with E-state index in [2.05, 4.69) is 11.1 Å². The van der Waals surface area contributed by atoms with Gasteiger partial charge >= 0.3 is 0 Å². The van der Waals surface area contributed by atoms with E-state index < -0.39 is 0 Å². The SMILES string of the molecule is N#Cc1ccccc1-c1cc(-c2nccs2)cn(-c2ccccc2)c1=O. The molecule has 2 aromatic heterocycles. The van der Waals surface area contributed by atoms with E-state index in [1.165, 1.54) is 11.3 Å². The summed E-state index contributed by atoms with van der Waals surface area (Å²) in [5.41, 5.74) is 3.03. The van der Waals surface area contributed by atoms with E-state index in [0.29, 0.717) is 16.7 Å². The van der Waals surface area contributed by atoms with Crippen LogP contribution in [0.1, 0.15) is 5.56 Å². The zero-order valence-corrected chi connectivity index (χ0v) is 14.5. The average molecular weight is 355 g/mol. The first-order chi connectivity index (χ1) is 12.8. The Morgan fingerprint density at radius 3 is 2.50 bits per heavy atom. The van der Waals surface area contributed by atoms with Gasteiger partial charge in [-0.25, -0.2) is 4.98 Å². The zero-order chi connectivity index (χ0) is 17.9. The molecule has 2 heterocycles. The molecular formula is C21H13N3OS. The Bertz CT molecular complexity index is 1160. The van der Waals surface area contributed by atoms with Crippen LogP contribution >= 0.6 is 11.3 Å². The molecule has 0 atom stereocenters. The molecule has 0 aliphatic rings. The molecule has 26 heavy (non-hydrogen) atoms. The maximum atomic E-state index is 13.2. The highest BCUT2D eigenvalue weighted by atomic mass is 32.1. The predicted molar refractivity (Wildman–Crippen MR) is 103 cm³/mol. The van der Waals surface area contributed by atoms with Gasteiger partial charge < -0.3 is 0 Å². The summed E-state index contributed by atoms with van der Waals surface area (Å²) < 4.78 is 1.61. The minimum absolute atomic E-state index is 0.167. The smallest absolute Gasteiger partial charge is 0.263 e. The lowest BCUT2D eigenvalue weighted by molar-refractivity contribution is 0.995. The van der Waals surface area contributed by atoms with E-state index >= 15 is 0 Å². The first-order valence-electron chi connectivity index (χ1n) is 7.99. The molecule has 0 fully saturated rings. The van der Waals surface area contributed by atoms with Gasteiger partial charge in [0.1, 0.15) is 5.01 Å². The van der Waals surface area contributed by atoms with Crippen molar-refractivity contribution in [2.24, 2.45) is 0 Å². The first-order valence-corrected chi connectivity index (χ1v) is 8.87. The van der Waals surface area contributed by atoms with Crippen molar-refractivity contribution >= 4 is 11.3 Å². The van der Waals surface area contributed by atoms with Crippen molar-refractivity contribution in [1.82, 2.24) is 9.55 Å². The van der Waals surface area contributed by atoms with E-state index in [1.807, 2.05) is 47.8 Å². The largest absolute Gasteiger partial charge is 0.283 e. The molecule has 124 valence electrons. The second-order valence-corrected chi connectivity index (χ2v) is 6.54. The van der Waals surface area contributed by atoms with Gasteiger partial charge in [-0.05, 0) is 24.3 Å². The van der Waals surface area contributed by atoms with Crippen LogP contribution in [0.5, 0.6) is 0 Å². The van der Waals surface area contributed by atoms with E-state index in [-0.39, 0.29) is 5.56 Å². The summed E-state index contributed by atoms with van der Waals surface area (Å²) in [5.74, 6) is 0. The van der Waals surface area contributed by atoms with Crippen molar-refractivity contribution in [1.29, 1.82) is 5.26 Å². The molecule has 2 aromatic carbocycles. The third kappa shape index (κ3) is 2.83. The predicted octanol–water partition coefficient (Wildman–Crippen LogP) is 4.50. The van der Waals surface area contributed by atoms with Crippen molar-refractivity contribution in [2.45, 2.75) is 0 Å². The van der Waals surface area contributed by atoms with E-state index in [4.69, 9.17) is 0 Å². The van der Waals surface area contributed by atoms with Crippen LogP contribution in [0.3, 0.4) is 0 Å². The Labute approximate surface area is 154 Å². The Kier molecular flexibility index (Phi) is 4.18. The number of rotatable bonds is 3. The molecule has 0 saturated carbocycles. The molecule has 0 N–H and O–H groups in total. The minimum Gasteiger partial charge on any atom is -0.283 e. The minimum atomic E-state index is -0.167. The first kappa shape index (κ1) is 16.0. The van der Waals surface area contributed by atoms with Crippen LogP contribution in [0.25, 0.3) is 27.4 Å². The van der Waals surface area contributed by atoms with Gasteiger partial charge in [0.15, 0.2) is 0 Å². The molecule has 4 aromatic rings. The van der Waals surface area contributed by atoms with Gasteiger partial charge in [0.25, 0.3) is 5.56 Å². The number of hydrogen-bond acceptors (Lipinski definition) is 4. The van der Waals surface area contributed by atoms with Crippen LogP contribution in [0, 0.1) is 11.3 Å². The highest BCUT2D eigenvalue weighted by molar-refractivity contribution is 7.13. The fourth-order valence-corrected chi connectivity index (χ4v) is 3.47. The van der Waals surface area contributed by atoms with Crippen molar-refractivity contribution < 1.29 is 0 Å². The molecule has 4 rings (SSSR count). The number of hydrogen-bond donors (Lipinski definition) is 0. The van der Waals surface area contributed by atoms with Gasteiger partial charge in [-0.3, -0.25) is 9.36 Å². The summed E-state index contributed by atoms with van der Waals surface area (Å²) in [4.78, 5) is 17.6. The molecule has 4 nitrogen and oxygen atoms in total. The molecule has 0 unspecified atom stereocenters. The Hall–Kier alpha value is -3.49. The van der Waals surface area contributed by atoms with Gasteiger partial charge in [0.05, 0.1) is 11.6 Å². The summed E-state index contributed by atoms with van der Waals surface area (Å²) in [7, 11) is 0. The third-order valence-electron chi connectivity index (χ3n) is 4.07. The fourth-order valence-electron chi connectivity index (χ4n) is 2.85. The van der Waals surface area contributed by atoms with Crippen molar-refractivity contribution in [2.75, 3.05) is 0 Å². The number of aromatic nitrogens is 2. The highest BCUT2D eigenvalue weighted by Crippen LogP contribution is 2.27. The maximum Gasteiger partial charge on any atom is 0.263 e. The van der Waals surface area contributed by atoms with Crippen molar-refractivity contribution in [3.8, 4) is 33.5 Å². The lowest BCUT2D eigenvalue weighted by Gasteiger charge is -2.12. The zero-order valence-electron chi connectivity index (χ0n) is 13.7. The molecule has 0 saturated heterocycles. The monoisotopic (exact) mass is 355 g/mol. The Balaban J connectivity index is 2.04. The maximum absolute atomic E-state index is 13.2. The highest BCUT2D eigenvalue weighted by Gasteiger charge is 2.15. The molecule has 0 radical (unpaired) electrons. The summed E-state index contributed by atoms with van der Waals surface area (Å²) in [5, 5.41) is 12.2. The van der Waals surface area contributed by atoms with Crippen LogP contribution in [0.4, 0.5) is 0 Å². The van der Waals surface area contributed by atoms with Crippen molar-refractivity contribution in [3.05, 3.63) is 94.4 Å². The number of nitrogens with zero attached hydrogens (tertiary/aromatic N) is 3. The standard InChI is InChI=1S/C21H13N3OS/c22-13-15-6-4-5-9-18(15)19-12-16(20-23-10-11-26-20)14-24(21(19)25)17-7-2-1-3-8-17/h1-12,14H. The lowest BCUT2D eigenvalue weighted by Crippen LogP contribution is -2.20. The summed E-state index contributed by atoms with van der Waals surface area (Å²) in [6, 6.07) is 20.6. The van der Waals surface area contributed by atoms with Gasteiger partial charge in [0, 0.05) is 40.2 Å². The molecule has 0 bridgehead atoms. The summed E-state index contributed by atoms with van der Waals surface area (Å²) >= 11 is 1.51. The van der Waals surface area contributed by atoms with E-state index in [0.717, 1.165) is 16.3 Å². The molecule has 0 aliphatic heterocycles. The van der Waals surface area contributed by atoms with E-state index in [1.54, 1.807) is 35.2 Å². The fraction of sp³-hybridized carbons (Fsp3) is 0. The number of thiazole rings is 1. The molecule has 0 aliphatic carbocycles. The second kappa shape index (κ2) is 6.79. The third-order valence-corrected chi connectivity index (χ3v) is 4.89. The number of para-hydroxylation sites is 1. The topological polar surface area (TPSA) is 58.7 Å². The quantitative estimate of drug-likeness (QED) is 0.544. The van der Waals surface area contributed by atoms with Crippen LogP contribution in [-0.2, 0) is 0 Å². The van der Waals surface area contributed by atoms with Crippen LogP contribution in [0.15, 0.2) is 83.2 Å². The second-order valence-electron chi connectivity index (χ2n) is 5.65. The Morgan fingerprint density at radius 1 is 1.00 bits per heavy atom. The molecule has 0 amide bonds. The van der Waals surface area contributed by atoms with Gasteiger partial charge in [-0.1, -0.05) is 36.4 Å². The van der Waals surface area contributed by atoms with Gasteiger partial charge in [-0.15, -0.1) is 11.3 Å². The van der Waals surface area contributed by atoms with E-state index in [9.17, 15) is 10.1 Å². The normalized spacial score (nSPS) is 10.4. The number of pyridine rings is 1. The van der Waals surface area contributed by atoms with Gasteiger partial charge in [0.2, 0.25) is 0 Å². The van der Waals surface area contributed by atoms with Crippen LogP contribution in [-0.4, -0.2) is 9.55 Å². The molecular weight excluding hydrogens is 342 g/mol. The number of nitriles is 1. The summed E-state index contributed by atoms with van der Waals surface area (Å²) in [6.45, 7) is 0. The number of benzene rings is 2. The van der Waals surface area contributed by atoms with Crippen LogP contribution < -0.4 is 5.56 Å². The van der Waals surface area contributed by atoms with Crippen LogP contribution in [0.2, 0.25) is 0 Å². The molecule has 5 heteroatoms. The lowest BCUT2D eigenvalue weighted by atomic mass is 10.0. The summed E-state index contributed by atoms with van der Waals surface area (Å²) in [6.07, 6.45) is 3.54. The molecule has 0 spiro atoms. The van der Waals surface area contributed by atoms with Crippen molar-refractivity contribution in [3.63, 3.8) is 0 Å².